The summed E-state index contributed by atoms with van der Waals surface area (Å²) in [4.78, 5) is 10.7. The lowest BCUT2D eigenvalue weighted by Gasteiger charge is -2.59. The topological polar surface area (TPSA) is 52.3 Å². The molecule has 0 aromatic heterocycles. The normalized spacial score (nSPS) is 36.6. The maximum absolute atomic E-state index is 10.7. The van der Waals surface area contributed by atoms with E-state index < -0.39 is 6.09 Å². The molecule has 0 saturated heterocycles. The predicted octanol–water partition coefficient (Wildman–Crippen LogP) is 5.77. The van der Waals surface area contributed by atoms with Gasteiger partial charge in [-0.25, -0.2) is 4.79 Å². The van der Waals surface area contributed by atoms with Gasteiger partial charge in [0.1, 0.15) is 0 Å². The van der Waals surface area contributed by atoms with Crippen molar-refractivity contribution in [3.8, 4) is 0 Å². The Balaban J connectivity index is 1.95. The molecule has 0 bridgehead atoms. The fourth-order valence-electron chi connectivity index (χ4n) is 6.19. The summed E-state index contributed by atoms with van der Waals surface area (Å²) >= 11 is 0. The van der Waals surface area contributed by atoms with Crippen molar-refractivity contribution in [2.24, 2.45) is 40.2 Å². The molecule has 2 aliphatic carbocycles. The second kappa shape index (κ2) is 7.66. The Morgan fingerprint density at radius 2 is 1.92 bits per heavy atom. The molecule has 0 aromatic carbocycles. The zero-order valence-electron chi connectivity index (χ0n) is 16.6. The number of amides is 1. The van der Waals surface area contributed by atoms with Gasteiger partial charge in [-0.1, -0.05) is 53.9 Å². The van der Waals surface area contributed by atoms with E-state index >= 15 is 0 Å². The van der Waals surface area contributed by atoms with Gasteiger partial charge >= 0.3 is 6.09 Å². The Bertz CT molecular complexity index is 434. The van der Waals surface area contributed by atoms with Crippen LogP contribution in [-0.4, -0.2) is 12.7 Å². The van der Waals surface area contributed by atoms with Crippen molar-refractivity contribution in [2.45, 2.75) is 86.0 Å². The molecule has 3 nitrogen and oxygen atoms in total. The van der Waals surface area contributed by atoms with Crippen LogP contribution < -0.4 is 5.73 Å². The maximum atomic E-state index is 10.7. The van der Waals surface area contributed by atoms with E-state index in [0.29, 0.717) is 23.4 Å². The number of carbonyl (C=O) groups is 1. The smallest absolute Gasteiger partial charge is 0.404 e. The number of hydrogen-bond donors (Lipinski definition) is 1. The van der Waals surface area contributed by atoms with Crippen molar-refractivity contribution in [2.75, 3.05) is 6.61 Å². The molecule has 140 valence electrons. The van der Waals surface area contributed by atoms with Gasteiger partial charge in [-0.2, -0.15) is 0 Å². The lowest BCUT2D eigenvalue weighted by molar-refractivity contribution is -0.0972. The minimum atomic E-state index is -0.650. The SMILES string of the molecule is C[C@H](CCOC(N)=O)CC[C@H]1[C@@H](C)CC[C@H]2C(C)(C)CCC[C@]12C. The van der Waals surface area contributed by atoms with Gasteiger partial charge in [0.05, 0.1) is 6.61 Å². The van der Waals surface area contributed by atoms with Crippen molar-refractivity contribution in [1.82, 2.24) is 0 Å². The van der Waals surface area contributed by atoms with Gasteiger partial charge in [0.15, 0.2) is 0 Å². The largest absolute Gasteiger partial charge is 0.450 e. The summed E-state index contributed by atoms with van der Waals surface area (Å²) in [6.45, 7) is 12.8. The molecule has 24 heavy (non-hydrogen) atoms. The van der Waals surface area contributed by atoms with Crippen LogP contribution in [0.4, 0.5) is 4.79 Å². The summed E-state index contributed by atoms with van der Waals surface area (Å²) in [6.07, 6.45) is 9.85. The van der Waals surface area contributed by atoms with E-state index in [1.807, 2.05) is 0 Å². The van der Waals surface area contributed by atoms with Crippen LogP contribution in [0, 0.1) is 34.5 Å². The molecular formula is C21H39NO2. The average Bonchev–Trinajstić information content (AvgIpc) is 2.45. The minimum Gasteiger partial charge on any atom is -0.450 e. The first-order valence-electron chi connectivity index (χ1n) is 10.1. The van der Waals surface area contributed by atoms with Gasteiger partial charge in [-0.15, -0.1) is 0 Å². The minimum absolute atomic E-state index is 0.462. The number of nitrogens with two attached hydrogens (primary N) is 1. The number of primary amides is 1. The van der Waals surface area contributed by atoms with E-state index in [4.69, 9.17) is 10.5 Å². The summed E-state index contributed by atoms with van der Waals surface area (Å²) in [5.41, 5.74) is 6.07. The molecule has 2 fully saturated rings. The Hall–Kier alpha value is -0.730. The van der Waals surface area contributed by atoms with Gasteiger partial charge in [-0.3, -0.25) is 0 Å². The Kier molecular flexibility index (Phi) is 6.25. The molecule has 2 saturated carbocycles. The molecule has 2 rings (SSSR count). The number of carbonyl (C=O) groups excluding carboxylic acids is 1. The van der Waals surface area contributed by atoms with E-state index in [1.54, 1.807) is 0 Å². The maximum Gasteiger partial charge on any atom is 0.404 e. The standard InChI is InChI=1S/C21H39NO2/c1-15(11-14-24-19(22)23)7-9-17-16(2)8-10-18-20(3,4)12-6-13-21(17,18)5/h15-18H,6-14H2,1-5H3,(H2,22,23)/t15-,16-,17-,18-,21+/m0/s1. The van der Waals surface area contributed by atoms with Crippen molar-refractivity contribution in [1.29, 1.82) is 0 Å². The number of fused-ring (bicyclic) bond motifs is 1. The van der Waals surface area contributed by atoms with Gasteiger partial charge < -0.3 is 10.5 Å². The molecule has 2 N–H and O–H groups in total. The predicted molar refractivity (Wildman–Crippen MR) is 99.7 cm³/mol. The van der Waals surface area contributed by atoms with Crippen molar-refractivity contribution >= 4 is 6.09 Å². The van der Waals surface area contributed by atoms with Crippen molar-refractivity contribution < 1.29 is 9.53 Å². The van der Waals surface area contributed by atoms with Crippen molar-refractivity contribution in [3.05, 3.63) is 0 Å². The van der Waals surface area contributed by atoms with Crippen LogP contribution in [0.2, 0.25) is 0 Å². The highest BCUT2D eigenvalue weighted by molar-refractivity contribution is 5.64. The van der Waals surface area contributed by atoms with E-state index in [1.165, 1.54) is 44.9 Å². The summed E-state index contributed by atoms with van der Waals surface area (Å²) in [7, 11) is 0. The summed E-state index contributed by atoms with van der Waals surface area (Å²) in [6, 6.07) is 0. The zero-order chi connectivity index (χ0) is 18.0. The number of rotatable bonds is 6. The first-order chi connectivity index (χ1) is 11.2. The highest BCUT2D eigenvalue weighted by Gasteiger charge is 2.53. The molecular weight excluding hydrogens is 298 g/mol. The molecule has 0 unspecified atom stereocenters. The molecule has 0 radical (unpaired) electrons. The first-order valence-corrected chi connectivity index (χ1v) is 10.1. The van der Waals surface area contributed by atoms with Crippen LogP contribution in [0.3, 0.4) is 0 Å². The second-order valence-corrected chi connectivity index (χ2v) is 9.70. The zero-order valence-corrected chi connectivity index (χ0v) is 16.6. The van der Waals surface area contributed by atoms with Crippen LogP contribution in [0.1, 0.15) is 86.0 Å². The molecule has 0 spiro atoms. The molecule has 0 aromatic rings. The van der Waals surface area contributed by atoms with Crippen LogP contribution in [0.15, 0.2) is 0 Å². The molecule has 3 heteroatoms. The van der Waals surface area contributed by atoms with E-state index in [-0.39, 0.29) is 0 Å². The Labute approximate surface area is 149 Å². The fraction of sp³-hybridized carbons (Fsp3) is 0.952. The second-order valence-electron chi connectivity index (χ2n) is 9.70. The van der Waals surface area contributed by atoms with Crippen LogP contribution in [-0.2, 0) is 4.74 Å². The quantitative estimate of drug-likeness (QED) is 0.669. The van der Waals surface area contributed by atoms with Gasteiger partial charge in [0.25, 0.3) is 0 Å². The first kappa shape index (κ1) is 19.6. The molecule has 5 atom stereocenters. The highest BCUT2D eigenvalue weighted by Crippen LogP contribution is 2.62. The summed E-state index contributed by atoms with van der Waals surface area (Å²) < 4.78 is 4.90. The average molecular weight is 338 g/mol. The van der Waals surface area contributed by atoms with E-state index in [2.05, 4.69) is 34.6 Å². The highest BCUT2D eigenvalue weighted by atomic mass is 16.5. The third-order valence-corrected chi connectivity index (χ3v) is 7.55. The van der Waals surface area contributed by atoms with E-state index in [9.17, 15) is 4.79 Å². The Morgan fingerprint density at radius 1 is 1.21 bits per heavy atom. The molecule has 2 aliphatic rings. The lowest BCUT2D eigenvalue weighted by Crippen LogP contribution is -2.51. The number of ether oxygens (including phenoxy) is 1. The molecule has 1 amide bonds. The van der Waals surface area contributed by atoms with Gasteiger partial charge in [-0.05, 0) is 66.6 Å². The van der Waals surface area contributed by atoms with E-state index in [0.717, 1.165) is 24.2 Å². The fourth-order valence-corrected chi connectivity index (χ4v) is 6.19. The Morgan fingerprint density at radius 3 is 2.58 bits per heavy atom. The lowest BCUT2D eigenvalue weighted by atomic mass is 9.46. The van der Waals surface area contributed by atoms with Crippen LogP contribution in [0.25, 0.3) is 0 Å². The molecule has 0 heterocycles. The van der Waals surface area contributed by atoms with Crippen LogP contribution in [0.5, 0.6) is 0 Å². The number of hydrogen-bond acceptors (Lipinski definition) is 2. The van der Waals surface area contributed by atoms with Gasteiger partial charge in [0, 0.05) is 0 Å². The summed E-state index contributed by atoms with van der Waals surface area (Å²) in [5, 5.41) is 0. The third-order valence-electron chi connectivity index (χ3n) is 7.55. The van der Waals surface area contributed by atoms with Gasteiger partial charge in [0.2, 0.25) is 0 Å². The third kappa shape index (κ3) is 4.26. The monoisotopic (exact) mass is 337 g/mol. The summed E-state index contributed by atoms with van der Waals surface area (Å²) in [5.74, 6) is 3.16. The van der Waals surface area contributed by atoms with Crippen LogP contribution >= 0.6 is 0 Å². The molecule has 0 aliphatic heterocycles. The van der Waals surface area contributed by atoms with Crippen molar-refractivity contribution in [3.63, 3.8) is 0 Å².